The Morgan fingerprint density at radius 1 is 1.16 bits per heavy atom. The van der Waals surface area contributed by atoms with Crippen LogP contribution in [0.15, 0.2) is 36.0 Å². The summed E-state index contributed by atoms with van der Waals surface area (Å²) in [4.78, 5) is 22.7. The van der Waals surface area contributed by atoms with Crippen LogP contribution in [-0.2, 0) is 19.1 Å². The summed E-state index contributed by atoms with van der Waals surface area (Å²) in [7, 11) is 0. The molecule has 0 spiro atoms. The summed E-state index contributed by atoms with van der Waals surface area (Å²) in [6.45, 7) is 3.02. The second-order valence-electron chi connectivity index (χ2n) is 3.58. The quantitative estimate of drug-likeness (QED) is 0.774. The molecule has 1 aliphatic heterocycles. The van der Waals surface area contributed by atoms with E-state index in [4.69, 9.17) is 18.9 Å². The van der Waals surface area contributed by atoms with E-state index < -0.39 is 11.9 Å². The highest BCUT2D eigenvalue weighted by molar-refractivity contribution is 5.88. The van der Waals surface area contributed by atoms with Crippen LogP contribution in [0.1, 0.15) is 13.8 Å². The zero-order valence-electron chi connectivity index (χ0n) is 10.5. The van der Waals surface area contributed by atoms with Gasteiger partial charge in [-0.25, -0.2) is 4.79 Å². The van der Waals surface area contributed by atoms with Gasteiger partial charge < -0.3 is 18.9 Å². The van der Waals surface area contributed by atoms with Crippen molar-refractivity contribution in [1.82, 2.24) is 0 Å². The zero-order chi connectivity index (χ0) is 13.8. The van der Waals surface area contributed by atoms with Gasteiger partial charge in [0.2, 0.25) is 0 Å². The molecule has 0 radical (unpaired) electrons. The van der Waals surface area contributed by atoms with E-state index in [2.05, 4.69) is 0 Å². The van der Waals surface area contributed by atoms with Crippen molar-refractivity contribution in [3.63, 3.8) is 0 Å². The number of carbonyl (C=O) groups is 2. The first-order valence-electron chi connectivity index (χ1n) is 5.66. The van der Waals surface area contributed by atoms with Crippen molar-refractivity contribution in [1.29, 1.82) is 0 Å². The van der Waals surface area contributed by atoms with Gasteiger partial charge in [0.1, 0.15) is 0 Å². The van der Waals surface area contributed by atoms with Crippen LogP contribution in [0.2, 0.25) is 0 Å². The Morgan fingerprint density at radius 2 is 1.79 bits per heavy atom. The number of ether oxygens (including phenoxy) is 4. The van der Waals surface area contributed by atoms with Gasteiger partial charge in [-0.05, 0) is 19.1 Å². The van der Waals surface area contributed by atoms with Crippen LogP contribution in [0.4, 0.5) is 0 Å². The number of benzene rings is 1. The van der Waals surface area contributed by atoms with E-state index in [0.29, 0.717) is 11.5 Å². The van der Waals surface area contributed by atoms with Crippen molar-refractivity contribution >= 4 is 11.9 Å². The standard InChI is InChI=1S/C13H12O6/c1-3-16-12(15)11-13(17-8(2)14)19-10-7-5-4-6-9(10)18-11/h4-7H,3H2,1-2H3. The zero-order valence-corrected chi connectivity index (χ0v) is 10.5. The summed E-state index contributed by atoms with van der Waals surface area (Å²) in [5.74, 6) is -1.28. The Hall–Kier alpha value is -2.50. The van der Waals surface area contributed by atoms with Crippen LogP contribution in [0.25, 0.3) is 0 Å². The van der Waals surface area contributed by atoms with Crippen molar-refractivity contribution in [3.8, 4) is 11.5 Å². The Labute approximate surface area is 109 Å². The van der Waals surface area contributed by atoms with E-state index in [1.54, 1.807) is 31.2 Å². The molecule has 1 aliphatic rings. The summed E-state index contributed by atoms with van der Waals surface area (Å²) in [5.41, 5.74) is 0. The number of hydrogen-bond acceptors (Lipinski definition) is 6. The minimum Gasteiger partial charge on any atom is -0.460 e. The van der Waals surface area contributed by atoms with Gasteiger partial charge in [-0.15, -0.1) is 0 Å². The summed E-state index contributed by atoms with van der Waals surface area (Å²) >= 11 is 0. The highest BCUT2D eigenvalue weighted by Crippen LogP contribution is 2.35. The third-order valence-corrected chi connectivity index (χ3v) is 2.15. The fraction of sp³-hybridized carbons (Fsp3) is 0.231. The first-order valence-corrected chi connectivity index (χ1v) is 5.66. The molecule has 0 fully saturated rings. The van der Waals surface area contributed by atoms with Crippen molar-refractivity contribution in [2.45, 2.75) is 13.8 Å². The van der Waals surface area contributed by atoms with E-state index >= 15 is 0 Å². The van der Waals surface area contributed by atoms with Crippen LogP contribution >= 0.6 is 0 Å². The summed E-state index contributed by atoms with van der Waals surface area (Å²) < 4.78 is 20.3. The average Bonchev–Trinajstić information content (AvgIpc) is 2.37. The molecular formula is C13H12O6. The second kappa shape index (κ2) is 5.43. The molecule has 1 aromatic rings. The predicted octanol–water partition coefficient (Wildman–Crippen LogP) is 1.75. The Morgan fingerprint density at radius 3 is 2.37 bits per heavy atom. The number of fused-ring (bicyclic) bond motifs is 1. The second-order valence-corrected chi connectivity index (χ2v) is 3.58. The fourth-order valence-electron chi connectivity index (χ4n) is 1.44. The van der Waals surface area contributed by atoms with Gasteiger partial charge in [0.25, 0.3) is 5.76 Å². The fourth-order valence-corrected chi connectivity index (χ4v) is 1.44. The average molecular weight is 264 g/mol. The maximum atomic E-state index is 11.7. The highest BCUT2D eigenvalue weighted by Gasteiger charge is 2.30. The van der Waals surface area contributed by atoms with Crippen LogP contribution in [-0.4, -0.2) is 18.5 Å². The summed E-state index contributed by atoms with van der Waals surface area (Å²) in [5, 5.41) is 0. The first kappa shape index (κ1) is 12.9. The van der Waals surface area contributed by atoms with Crippen molar-refractivity contribution in [2.75, 3.05) is 6.61 Å². The number of hydrogen-bond donors (Lipinski definition) is 0. The molecule has 6 heteroatoms. The molecule has 1 heterocycles. The number of rotatable bonds is 3. The molecule has 0 unspecified atom stereocenters. The molecule has 1 aromatic carbocycles. The molecule has 0 amide bonds. The van der Waals surface area contributed by atoms with Gasteiger partial charge in [0.15, 0.2) is 11.5 Å². The normalized spacial score (nSPS) is 12.9. The lowest BCUT2D eigenvalue weighted by Gasteiger charge is -2.20. The lowest BCUT2D eigenvalue weighted by Crippen LogP contribution is -2.23. The van der Waals surface area contributed by atoms with E-state index in [9.17, 15) is 9.59 Å². The number of carbonyl (C=O) groups excluding carboxylic acids is 2. The molecule has 0 aliphatic carbocycles. The molecule has 100 valence electrons. The van der Waals surface area contributed by atoms with Gasteiger partial charge in [0.05, 0.1) is 6.61 Å². The van der Waals surface area contributed by atoms with Crippen molar-refractivity contribution < 1.29 is 28.5 Å². The van der Waals surface area contributed by atoms with Gasteiger partial charge >= 0.3 is 17.9 Å². The van der Waals surface area contributed by atoms with E-state index in [1.807, 2.05) is 0 Å². The Balaban J connectivity index is 2.34. The monoisotopic (exact) mass is 264 g/mol. The molecule has 6 nitrogen and oxygen atoms in total. The Kier molecular flexibility index (Phi) is 3.70. The summed E-state index contributed by atoms with van der Waals surface area (Å²) in [6, 6.07) is 6.70. The first-order chi connectivity index (χ1) is 9.11. The minimum atomic E-state index is -0.756. The maximum absolute atomic E-state index is 11.7. The van der Waals surface area contributed by atoms with Gasteiger partial charge in [0, 0.05) is 6.92 Å². The van der Waals surface area contributed by atoms with Gasteiger partial charge in [-0.1, -0.05) is 12.1 Å². The number of para-hydroxylation sites is 2. The molecule has 0 atom stereocenters. The molecule has 2 rings (SSSR count). The van der Waals surface area contributed by atoms with Gasteiger partial charge in [-0.2, -0.15) is 0 Å². The predicted molar refractivity (Wildman–Crippen MR) is 63.1 cm³/mol. The van der Waals surface area contributed by atoms with E-state index in [0.717, 1.165) is 0 Å². The summed E-state index contributed by atoms with van der Waals surface area (Å²) in [6.07, 6.45) is 0. The SMILES string of the molecule is CCOC(=O)C1=C(OC(C)=O)Oc2ccccc2O1. The third kappa shape index (κ3) is 2.85. The van der Waals surface area contributed by atoms with Crippen LogP contribution < -0.4 is 9.47 Å². The molecule has 0 bridgehead atoms. The molecule has 0 aromatic heterocycles. The topological polar surface area (TPSA) is 71.1 Å². The van der Waals surface area contributed by atoms with Crippen LogP contribution in [0.3, 0.4) is 0 Å². The highest BCUT2D eigenvalue weighted by atomic mass is 16.7. The smallest absolute Gasteiger partial charge is 0.381 e. The molecule has 19 heavy (non-hydrogen) atoms. The van der Waals surface area contributed by atoms with Gasteiger partial charge in [-0.3, -0.25) is 4.79 Å². The molecule has 0 saturated carbocycles. The maximum Gasteiger partial charge on any atom is 0.381 e. The lowest BCUT2D eigenvalue weighted by atomic mass is 10.3. The van der Waals surface area contributed by atoms with Crippen molar-refractivity contribution in [2.24, 2.45) is 0 Å². The van der Waals surface area contributed by atoms with Crippen molar-refractivity contribution in [3.05, 3.63) is 36.0 Å². The third-order valence-electron chi connectivity index (χ3n) is 2.15. The van der Waals surface area contributed by atoms with Crippen LogP contribution in [0.5, 0.6) is 11.5 Å². The molecule has 0 saturated heterocycles. The molecular weight excluding hydrogens is 252 g/mol. The largest absolute Gasteiger partial charge is 0.460 e. The van der Waals surface area contributed by atoms with E-state index in [-0.39, 0.29) is 18.3 Å². The minimum absolute atomic E-state index is 0.167. The lowest BCUT2D eigenvalue weighted by molar-refractivity contribution is -0.145. The Bertz CT molecular complexity index is 546. The van der Waals surface area contributed by atoms with Crippen LogP contribution in [0, 0.1) is 0 Å². The molecule has 0 N–H and O–H groups in total. The van der Waals surface area contributed by atoms with E-state index in [1.165, 1.54) is 6.92 Å². The number of esters is 2.